The largest absolute Gasteiger partial charge is 0.337 e. The molecular weight excluding hydrogens is 336 g/mol. The van der Waals surface area contributed by atoms with Crippen LogP contribution >= 0.6 is 11.3 Å². The third-order valence-corrected chi connectivity index (χ3v) is 6.36. The van der Waals surface area contributed by atoms with Crippen LogP contribution < -0.4 is 10.6 Å². The Morgan fingerprint density at radius 3 is 2.87 bits per heavy atom. The number of fused-ring (bicyclic) bond motifs is 1. The van der Waals surface area contributed by atoms with Gasteiger partial charge in [-0.2, -0.15) is 0 Å². The first-order chi connectivity index (χ1) is 11.0. The molecule has 0 aliphatic carbocycles. The van der Waals surface area contributed by atoms with Crippen molar-refractivity contribution in [2.75, 3.05) is 30.7 Å². The van der Waals surface area contributed by atoms with Gasteiger partial charge < -0.3 is 10.6 Å². The lowest BCUT2D eigenvalue weighted by Crippen LogP contribution is -2.37. The number of carbonyl (C=O) groups excluding carboxylic acids is 1. The summed E-state index contributed by atoms with van der Waals surface area (Å²) in [7, 11) is -3.27. The van der Waals surface area contributed by atoms with Crippen molar-refractivity contribution in [1.29, 1.82) is 0 Å². The summed E-state index contributed by atoms with van der Waals surface area (Å²) in [5.74, 6) is -0.0751. The van der Waals surface area contributed by atoms with E-state index in [0.29, 0.717) is 18.8 Å². The standard InChI is InChI=1S/C14H18N4O3S2/c19-14(15-5-8-23(20,21)18-6-1-2-7-18)17-11-3-4-12-13(9-11)22-10-16-12/h3-4,9-10H,1-2,5-8H2,(H2,15,17,19). The average molecular weight is 354 g/mol. The van der Waals surface area contributed by atoms with Crippen molar-refractivity contribution in [2.45, 2.75) is 12.8 Å². The van der Waals surface area contributed by atoms with Gasteiger partial charge >= 0.3 is 6.03 Å². The van der Waals surface area contributed by atoms with E-state index in [1.54, 1.807) is 11.6 Å². The molecule has 0 bridgehead atoms. The molecule has 7 nitrogen and oxygen atoms in total. The van der Waals surface area contributed by atoms with Gasteiger partial charge in [-0.1, -0.05) is 0 Å². The lowest BCUT2D eigenvalue weighted by molar-refractivity contribution is 0.252. The van der Waals surface area contributed by atoms with Gasteiger partial charge in [0, 0.05) is 25.3 Å². The Morgan fingerprint density at radius 2 is 2.09 bits per heavy atom. The number of benzene rings is 1. The molecule has 9 heteroatoms. The Kier molecular flexibility index (Phi) is 4.79. The Labute approximate surface area is 138 Å². The zero-order valence-electron chi connectivity index (χ0n) is 12.5. The second kappa shape index (κ2) is 6.81. The van der Waals surface area contributed by atoms with Crippen LogP contribution in [-0.4, -0.2) is 49.1 Å². The Hall–Kier alpha value is -1.71. The number of hydrogen-bond donors (Lipinski definition) is 2. The van der Waals surface area contributed by atoms with Crippen LogP contribution in [0.15, 0.2) is 23.7 Å². The molecule has 0 spiro atoms. The molecule has 3 rings (SSSR count). The van der Waals surface area contributed by atoms with Gasteiger partial charge in [-0.15, -0.1) is 11.3 Å². The molecule has 2 amide bonds. The topological polar surface area (TPSA) is 91.4 Å². The van der Waals surface area contributed by atoms with Crippen LogP contribution in [-0.2, 0) is 10.0 Å². The number of aromatic nitrogens is 1. The van der Waals surface area contributed by atoms with Crippen molar-refractivity contribution in [2.24, 2.45) is 0 Å². The molecule has 0 unspecified atom stereocenters. The summed E-state index contributed by atoms with van der Waals surface area (Å²) in [6, 6.07) is 5.03. The molecular formula is C14H18N4O3S2. The van der Waals surface area contributed by atoms with E-state index in [4.69, 9.17) is 0 Å². The molecule has 0 saturated carbocycles. The number of carbonyl (C=O) groups is 1. The van der Waals surface area contributed by atoms with E-state index in [1.807, 2.05) is 12.1 Å². The summed E-state index contributed by atoms with van der Waals surface area (Å²) in [5.41, 5.74) is 3.29. The van der Waals surface area contributed by atoms with E-state index in [9.17, 15) is 13.2 Å². The van der Waals surface area contributed by atoms with E-state index in [2.05, 4.69) is 15.6 Å². The maximum atomic E-state index is 12.0. The summed E-state index contributed by atoms with van der Waals surface area (Å²) >= 11 is 1.50. The number of hydrogen-bond acceptors (Lipinski definition) is 5. The second-order valence-corrected chi connectivity index (χ2v) is 8.31. The van der Waals surface area contributed by atoms with Crippen LogP contribution in [0.3, 0.4) is 0 Å². The van der Waals surface area contributed by atoms with E-state index in [-0.39, 0.29) is 12.3 Å². The van der Waals surface area contributed by atoms with E-state index in [0.717, 1.165) is 23.1 Å². The molecule has 0 atom stereocenters. The third kappa shape index (κ3) is 3.98. The average Bonchev–Trinajstić information content (AvgIpc) is 3.18. The number of amides is 2. The van der Waals surface area contributed by atoms with Crippen LogP contribution in [0, 0.1) is 0 Å². The van der Waals surface area contributed by atoms with Gasteiger partial charge in [-0.25, -0.2) is 22.5 Å². The molecule has 124 valence electrons. The molecule has 2 aromatic rings. The maximum Gasteiger partial charge on any atom is 0.319 e. The predicted molar refractivity (Wildman–Crippen MR) is 91.2 cm³/mol. The van der Waals surface area contributed by atoms with Gasteiger partial charge in [0.25, 0.3) is 0 Å². The van der Waals surface area contributed by atoms with Gasteiger partial charge in [-0.05, 0) is 31.0 Å². The first kappa shape index (κ1) is 16.2. The molecule has 1 aromatic carbocycles. The smallest absolute Gasteiger partial charge is 0.319 e. The van der Waals surface area contributed by atoms with E-state index in [1.165, 1.54) is 15.6 Å². The third-order valence-electron chi connectivity index (χ3n) is 3.69. The van der Waals surface area contributed by atoms with Crippen molar-refractivity contribution >= 4 is 43.3 Å². The Balaban J connectivity index is 1.49. The summed E-state index contributed by atoms with van der Waals surface area (Å²) < 4.78 is 26.6. The van der Waals surface area contributed by atoms with Crippen molar-refractivity contribution in [3.8, 4) is 0 Å². The fraction of sp³-hybridized carbons (Fsp3) is 0.429. The minimum Gasteiger partial charge on any atom is -0.337 e. The zero-order chi connectivity index (χ0) is 16.3. The number of anilines is 1. The molecule has 0 radical (unpaired) electrons. The number of nitrogens with one attached hydrogen (secondary N) is 2. The van der Waals surface area contributed by atoms with Crippen molar-refractivity contribution in [3.05, 3.63) is 23.7 Å². The maximum absolute atomic E-state index is 12.0. The van der Waals surface area contributed by atoms with Gasteiger partial charge in [0.15, 0.2) is 0 Å². The van der Waals surface area contributed by atoms with Crippen LogP contribution in [0.4, 0.5) is 10.5 Å². The second-order valence-electron chi connectivity index (χ2n) is 5.34. The number of urea groups is 1. The number of nitrogens with zero attached hydrogens (tertiary/aromatic N) is 2. The normalized spacial score (nSPS) is 15.8. The molecule has 1 aliphatic heterocycles. The summed E-state index contributed by atoms with van der Waals surface area (Å²) in [6.07, 6.45) is 1.82. The summed E-state index contributed by atoms with van der Waals surface area (Å²) in [5, 5.41) is 5.28. The molecule has 1 fully saturated rings. The number of rotatable bonds is 5. The molecule has 1 saturated heterocycles. The van der Waals surface area contributed by atoms with Crippen molar-refractivity contribution < 1.29 is 13.2 Å². The van der Waals surface area contributed by atoms with E-state index >= 15 is 0 Å². The monoisotopic (exact) mass is 354 g/mol. The first-order valence-corrected chi connectivity index (χ1v) is 9.89. The van der Waals surface area contributed by atoms with Crippen molar-refractivity contribution in [3.63, 3.8) is 0 Å². The fourth-order valence-corrected chi connectivity index (χ4v) is 4.65. The molecule has 1 aromatic heterocycles. The Morgan fingerprint density at radius 1 is 1.30 bits per heavy atom. The molecule has 2 N–H and O–H groups in total. The SMILES string of the molecule is O=C(NCCS(=O)(=O)N1CCCC1)Nc1ccc2ncsc2c1. The minimum atomic E-state index is -3.27. The van der Waals surface area contributed by atoms with Crippen LogP contribution in [0.25, 0.3) is 10.2 Å². The van der Waals surface area contributed by atoms with Gasteiger partial charge in [0.2, 0.25) is 10.0 Å². The van der Waals surface area contributed by atoms with Crippen LogP contribution in [0.2, 0.25) is 0 Å². The fourth-order valence-electron chi connectivity index (χ4n) is 2.50. The predicted octanol–water partition coefficient (Wildman–Crippen LogP) is 1.84. The molecule has 2 heterocycles. The highest BCUT2D eigenvalue weighted by Gasteiger charge is 2.24. The van der Waals surface area contributed by atoms with Gasteiger partial charge in [0.1, 0.15) is 0 Å². The Bertz CT molecular complexity index is 797. The van der Waals surface area contributed by atoms with Crippen LogP contribution in [0.1, 0.15) is 12.8 Å². The quantitative estimate of drug-likeness (QED) is 0.857. The first-order valence-electron chi connectivity index (χ1n) is 7.40. The van der Waals surface area contributed by atoms with Gasteiger partial charge in [0.05, 0.1) is 21.5 Å². The minimum absolute atomic E-state index is 0.0751. The van der Waals surface area contributed by atoms with Crippen molar-refractivity contribution in [1.82, 2.24) is 14.6 Å². The summed E-state index contributed by atoms with van der Waals surface area (Å²) in [4.78, 5) is 16.0. The van der Waals surface area contributed by atoms with E-state index < -0.39 is 16.1 Å². The van der Waals surface area contributed by atoms with Gasteiger partial charge in [-0.3, -0.25) is 0 Å². The highest BCUT2D eigenvalue weighted by Crippen LogP contribution is 2.21. The number of sulfonamides is 1. The highest BCUT2D eigenvalue weighted by molar-refractivity contribution is 7.89. The molecule has 23 heavy (non-hydrogen) atoms. The molecule has 1 aliphatic rings. The highest BCUT2D eigenvalue weighted by atomic mass is 32.2. The lowest BCUT2D eigenvalue weighted by atomic mass is 10.3. The lowest BCUT2D eigenvalue weighted by Gasteiger charge is -2.15. The number of thiazole rings is 1. The zero-order valence-corrected chi connectivity index (χ0v) is 14.1. The van der Waals surface area contributed by atoms with Crippen LogP contribution in [0.5, 0.6) is 0 Å². The summed E-state index contributed by atoms with van der Waals surface area (Å²) in [6.45, 7) is 1.26.